The molecule has 0 aliphatic rings. The van der Waals surface area contributed by atoms with Crippen LogP contribution >= 0.6 is 0 Å². The van der Waals surface area contributed by atoms with Crippen LogP contribution in [0, 0.1) is 11.3 Å². The fraction of sp³-hybridized carbons (Fsp3) is 0. The van der Waals surface area contributed by atoms with Crippen molar-refractivity contribution in [1.82, 2.24) is 9.13 Å². The standard InChI is InChI=1S/C35H21N3/c36-22-23-16-18-25(19-17-23)37-31-13-5-3-11-27(31)28-20-21-33-34(35(28)37)29-12-4-6-14-32(29)38(33)30-15-7-9-24-8-1-2-10-26(24)30/h1-21H. The molecule has 2 aromatic heterocycles. The summed E-state index contributed by atoms with van der Waals surface area (Å²) >= 11 is 0. The lowest BCUT2D eigenvalue weighted by molar-refractivity contribution is 1.18. The summed E-state index contributed by atoms with van der Waals surface area (Å²) < 4.78 is 4.77. The van der Waals surface area contributed by atoms with E-state index in [4.69, 9.17) is 0 Å². The van der Waals surface area contributed by atoms with E-state index in [0.717, 1.165) is 11.2 Å². The van der Waals surface area contributed by atoms with Gasteiger partial charge in [-0.3, -0.25) is 0 Å². The molecule has 0 amide bonds. The normalized spacial score (nSPS) is 11.7. The van der Waals surface area contributed by atoms with Crippen LogP contribution in [-0.4, -0.2) is 9.13 Å². The summed E-state index contributed by atoms with van der Waals surface area (Å²) in [6.45, 7) is 0. The second kappa shape index (κ2) is 7.83. The highest BCUT2D eigenvalue weighted by atomic mass is 15.0. The van der Waals surface area contributed by atoms with Crippen LogP contribution in [0.25, 0.3) is 65.8 Å². The molecule has 0 N–H and O–H groups in total. The third kappa shape index (κ3) is 2.77. The van der Waals surface area contributed by atoms with Gasteiger partial charge in [0.1, 0.15) is 0 Å². The van der Waals surface area contributed by atoms with Crippen molar-refractivity contribution in [2.75, 3.05) is 0 Å². The Morgan fingerprint density at radius 3 is 1.92 bits per heavy atom. The lowest BCUT2D eigenvalue weighted by Gasteiger charge is -2.12. The highest BCUT2D eigenvalue weighted by Gasteiger charge is 2.21. The van der Waals surface area contributed by atoms with E-state index in [9.17, 15) is 5.26 Å². The Kier molecular flexibility index (Phi) is 4.29. The molecule has 0 saturated heterocycles. The Morgan fingerprint density at radius 2 is 1.13 bits per heavy atom. The van der Waals surface area contributed by atoms with E-state index in [-0.39, 0.29) is 0 Å². The fourth-order valence-electron chi connectivity index (χ4n) is 6.12. The molecule has 0 saturated carbocycles. The van der Waals surface area contributed by atoms with E-state index >= 15 is 0 Å². The maximum atomic E-state index is 9.39. The van der Waals surface area contributed by atoms with Crippen molar-refractivity contribution in [1.29, 1.82) is 5.26 Å². The van der Waals surface area contributed by atoms with Crippen molar-refractivity contribution in [2.24, 2.45) is 0 Å². The first-order valence-corrected chi connectivity index (χ1v) is 12.8. The van der Waals surface area contributed by atoms with E-state index in [1.165, 1.54) is 54.6 Å². The maximum absolute atomic E-state index is 9.39. The monoisotopic (exact) mass is 483 g/mol. The van der Waals surface area contributed by atoms with Crippen molar-refractivity contribution < 1.29 is 0 Å². The van der Waals surface area contributed by atoms with Gasteiger partial charge in [-0.2, -0.15) is 5.26 Å². The van der Waals surface area contributed by atoms with Crippen LogP contribution in [0.3, 0.4) is 0 Å². The Labute approximate surface area is 219 Å². The zero-order chi connectivity index (χ0) is 25.2. The average molecular weight is 484 g/mol. The Morgan fingerprint density at radius 1 is 0.474 bits per heavy atom. The molecule has 2 heterocycles. The quantitative estimate of drug-likeness (QED) is 0.242. The molecule has 176 valence electrons. The van der Waals surface area contributed by atoms with Gasteiger partial charge in [0.05, 0.1) is 39.4 Å². The molecule has 6 aromatic carbocycles. The number of hydrogen-bond donors (Lipinski definition) is 0. The second-order valence-electron chi connectivity index (χ2n) is 9.72. The molecule has 0 radical (unpaired) electrons. The maximum Gasteiger partial charge on any atom is 0.0991 e. The van der Waals surface area contributed by atoms with Crippen LogP contribution in [0.1, 0.15) is 5.56 Å². The summed E-state index contributed by atoms with van der Waals surface area (Å²) in [5.41, 5.74) is 7.58. The molecule has 0 aliphatic heterocycles. The van der Waals surface area contributed by atoms with Gasteiger partial charge in [-0.15, -0.1) is 0 Å². The largest absolute Gasteiger partial charge is 0.309 e. The van der Waals surface area contributed by atoms with Gasteiger partial charge in [0, 0.05) is 32.6 Å². The lowest BCUT2D eigenvalue weighted by atomic mass is 10.1. The zero-order valence-electron chi connectivity index (χ0n) is 20.5. The molecular weight excluding hydrogens is 462 g/mol. The molecule has 3 nitrogen and oxygen atoms in total. The van der Waals surface area contributed by atoms with Crippen LogP contribution in [0.4, 0.5) is 0 Å². The van der Waals surface area contributed by atoms with Gasteiger partial charge in [0.15, 0.2) is 0 Å². The van der Waals surface area contributed by atoms with Crippen molar-refractivity contribution in [2.45, 2.75) is 0 Å². The van der Waals surface area contributed by atoms with Crippen molar-refractivity contribution in [3.05, 3.63) is 133 Å². The first-order valence-electron chi connectivity index (χ1n) is 12.8. The third-order valence-corrected chi connectivity index (χ3v) is 7.73. The van der Waals surface area contributed by atoms with Gasteiger partial charge in [-0.25, -0.2) is 0 Å². The summed E-state index contributed by atoms with van der Waals surface area (Å²) in [5.74, 6) is 0. The number of hydrogen-bond acceptors (Lipinski definition) is 1. The number of aromatic nitrogens is 2. The van der Waals surface area contributed by atoms with Gasteiger partial charge in [-0.1, -0.05) is 78.9 Å². The zero-order valence-corrected chi connectivity index (χ0v) is 20.5. The Balaban J connectivity index is 1.60. The molecule has 0 bridgehead atoms. The summed E-state index contributed by atoms with van der Waals surface area (Å²) in [6, 6.07) is 47.1. The second-order valence-corrected chi connectivity index (χ2v) is 9.72. The molecule has 0 spiro atoms. The van der Waals surface area contributed by atoms with Gasteiger partial charge in [-0.05, 0) is 53.9 Å². The summed E-state index contributed by atoms with van der Waals surface area (Å²) in [6.07, 6.45) is 0. The smallest absolute Gasteiger partial charge is 0.0991 e. The van der Waals surface area contributed by atoms with Crippen molar-refractivity contribution in [3.63, 3.8) is 0 Å². The molecule has 0 fully saturated rings. The van der Waals surface area contributed by atoms with E-state index < -0.39 is 0 Å². The predicted molar refractivity (Wildman–Crippen MR) is 157 cm³/mol. The van der Waals surface area contributed by atoms with E-state index in [2.05, 4.69) is 118 Å². The van der Waals surface area contributed by atoms with Gasteiger partial charge in [0.2, 0.25) is 0 Å². The average Bonchev–Trinajstić information content (AvgIpc) is 3.50. The van der Waals surface area contributed by atoms with E-state index in [0.29, 0.717) is 5.56 Å². The van der Waals surface area contributed by atoms with Crippen LogP contribution < -0.4 is 0 Å². The molecule has 8 rings (SSSR count). The Hall–Kier alpha value is -5.33. The summed E-state index contributed by atoms with van der Waals surface area (Å²) in [4.78, 5) is 0. The predicted octanol–water partition coefficient (Wildman–Crippen LogP) is 8.91. The highest BCUT2D eigenvalue weighted by molar-refractivity contribution is 6.26. The summed E-state index contributed by atoms with van der Waals surface area (Å²) in [7, 11) is 0. The number of benzene rings is 6. The minimum atomic E-state index is 0.659. The molecule has 3 heteroatoms. The number of nitrogens with zero attached hydrogens (tertiary/aromatic N) is 3. The molecule has 0 atom stereocenters. The third-order valence-electron chi connectivity index (χ3n) is 7.73. The summed E-state index contributed by atoms with van der Waals surface area (Å²) in [5, 5.41) is 16.7. The minimum absolute atomic E-state index is 0.659. The fourth-order valence-corrected chi connectivity index (χ4v) is 6.12. The molecule has 8 aromatic rings. The first kappa shape index (κ1) is 20.8. The number of nitriles is 1. The first-order chi connectivity index (χ1) is 18.8. The number of rotatable bonds is 2. The molecule has 0 unspecified atom stereocenters. The van der Waals surface area contributed by atoms with E-state index in [1.54, 1.807) is 0 Å². The highest BCUT2D eigenvalue weighted by Crippen LogP contribution is 2.42. The molecular formula is C35H21N3. The van der Waals surface area contributed by atoms with Crippen LogP contribution in [0.2, 0.25) is 0 Å². The van der Waals surface area contributed by atoms with Gasteiger partial charge >= 0.3 is 0 Å². The topological polar surface area (TPSA) is 33.6 Å². The SMILES string of the molecule is N#Cc1ccc(-n2c3ccccc3c3ccc4c(c5ccccc5n4-c4cccc5ccccc45)c32)cc1. The number of para-hydroxylation sites is 2. The Bertz CT molecular complexity index is 2230. The lowest BCUT2D eigenvalue weighted by Crippen LogP contribution is -1.96. The van der Waals surface area contributed by atoms with E-state index in [1.807, 2.05) is 24.3 Å². The van der Waals surface area contributed by atoms with Crippen molar-refractivity contribution >= 4 is 54.4 Å². The van der Waals surface area contributed by atoms with Gasteiger partial charge < -0.3 is 9.13 Å². The van der Waals surface area contributed by atoms with Crippen LogP contribution in [-0.2, 0) is 0 Å². The number of fused-ring (bicyclic) bond motifs is 8. The minimum Gasteiger partial charge on any atom is -0.309 e. The molecule has 0 aliphatic carbocycles. The molecule has 38 heavy (non-hydrogen) atoms. The van der Waals surface area contributed by atoms with Crippen LogP contribution in [0.15, 0.2) is 127 Å². The van der Waals surface area contributed by atoms with Gasteiger partial charge in [0.25, 0.3) is 0 Å². The van der Waals surface area contributed by atoms with Crippen LogP contribution in [0.5, 0.6) is 0 Å². The van der Waals surface area contributed by atoms with Crippen molar-refractivity contribution in [3.8, 4) is 17.4 Å².